The second-order valence-corrected chi connectivity index (χ2v) is 7.73. The molecule has 116 valence electrons. The molecular formula is C12H19N5O2S2. The highest BCUT2D eigenvalue weighted by Gasteiger charge is 2.12. The number of thiophene rings is 1. The number of hydrogen-bond donors (Lipinski definition) is 3. The molecule has 2 rings (SSSR count). The van der Waals surface area contributed by atoms with Crippen molar-refractivity contribution in [3.05, 3.63) is 10.9 Å². The van der Waals surface area contributed by atoms with Gasteiger partial charge in [-0.25, -0.2) is 18.1 Å². The van der Waals surface area contributed by atoms with Crippen LogP contribution in [-0.4, -0.2) is 44.3 Å². The van der Waals surface area contributed by atoms with E-state index in [1.807, 2.05) is 19.9 Å². The van der Waals surface area contributed by atoms with Crippen LogP contribution in [0.5, 0.6) is 0 Å². The van der Waals surface area contributed by atoms with Gasteiger partial charge in [0.05, 0.1) is 11.1 Å². The van der Waals surface area contributed by atoms with Crippen molar-refractivity contribution in [2.24, 2.45) is 0 Å². The molecule has 7 nitrogen and oxygen atoms in total. The number of sulfonamides is 1. The Morgan fingerprint density at radius 2 is 2.05 bits per heavy atom. The summed E-state index contributed by atoms with van der Waals surface area (Å²) in [5, 5.41) is 7.09. The van der Waals surface area contributed by atoms with E-state index in [9.17, 15) is 8.42 Å². The molecule has 21 heavy (non-hydrogen) atoms. The Hall–Kier alpha value is -1.45. The van der Waals surface area contributed by atoms with Crippen LogP contribution >= 0.6 is 11.3 Å². The molecule has 0 saturated carbocycles. The molecule has 0 bridgehead atoms. The van der Waals surface area contributed by atoms with Crippen LogP contribution in [-0.2, 0) is 10.0 Å². The van der Waals surface area contributed by atoms with Crippen LogP contribution < -0.4 is 15.4 Å². The van der Waals surface area contributed by atoms with Gasteiger partial charge >= 0.3 is 0 Å². The second-order valence-electron chi connectivity index (χ2n) is 4.45. The molecule has 3 N–H and O–H groups in total. The monoisotopic (exact) mass is 329 g/mol. The van der Waals surface area contributed by atoms with Crippen molar-refractivity contribution in [2.75, 3.05) is 36.5 Å². The molecule has 2 aromatic heterocycles. The van der Waals surface area contributed by atoms with Gasteiger partial charge in [-0.1, -0.05) is 0 Å². The van der Waals surface area contributed by atoms with Gasteiger partial charge in [0, 0.05) is 18.0 Å². The van der Waals surface area contributed by atoms with Crippen LogP contribution in [0.25, 0.3) is 10.2 Å². The summed E-state index contributed by atoms with van der Waals surface area (Å²) >= 11 is 1.59. The Bertz CT molecular complexity index is 727. The van der Waals surface area contributed by atoms with Crippen LogP contribution in [0, 0.1) is 6.92 Å². The average Bonchev–Trinajstić information content (AvgIpc) is 2.79. The van der Waals surface area contributed by atoms with E-state index >= 15 is 0 Å². The molecule has 2 heterocycles. The zero-order valence-corrected chi connectivity index (χ0v) is 13.9. The highest BCUT2D eigenvalue weighted by atomic mass is 32.2. The number of aromatic nitrogens is 2. The molecule has 9 heteroatoms. The Labute approximate surface area is 128 Å². The number of hydrogen-bond acceptors (Lipinski definition) is 7. The predicted octanol–water partition coefficient (Wildman–Crippen LogP) is 1.39. The second kappa shape index (κ2) is 6.54. The minimum atomic E-state index is -3.23. The van der Waals surface area contributed by atoms with Gasteiger partial charge in [-0.2, -0.15) is 4.98 Å². The van der Waals surface area contributed by atoms with Crippen molar-refractivity contribution < 1.29 is 8.42 Å². The molecule has 0 aromatic carbocycles. The summed E-state index contributed by atoms with van der Waals surface area (Å²) in [6, 6.07) is 2.00. The van der Waals surface area contributed by atoms with Crippen LogP contribution in [0.2, 0.25) is 0 Å². The van der Waals surface area contributed by atoms with Crippen molar-refractivity contribution in [1.82, 2.24) is 14.7 Å². The summed E-state index contributed by atoms with van der Waals surface area (Å²) in [5.74, 6) is 1.20. The summed E-state index contributed by atoms with van der Waals surface area (Å²) in [7, 11) is -1.82. The largest absolute Gasteiger partial charge is 0.368 e. The van der Waals surface area contributed by atoms with Gasteiger partial charge in [0.25, 0.3) is 0 Å². The first-order valence-electron chi connectivity index (χ1n) is 6.62. The number of fused-ring (bicyclic) bond motifs is 1. The van der Waals surface area contributed by atoms with Crippen molar-refractivity contribution >= 4 is 43.3 Å². The van der Waals surface area contributed by atoms with Crippen molar-refractivity contribution in [2.45, 2.75) is 13.8 Å². The van der Waals surface area contributed by atoms with E-state index in [0.717, 1.165) is 21.6 Å². The highest BCUT2D eigenvalue weighted by molar-refractivity contribution is 7.89. The quantitative estimate of drug-likeness (QED) is 0.710. The third-order valence-corrected chi connectivity index (χ3v) is 5.13. The van der Waals surface area contributed by atoms with Gasteiger partial charge in [0.2, 0.25) is 16.0 Å². The van der Waals surface area contributed by atoms with Gasteiger partial charge in [-0.3, -0.25) is 0 Å². The summed E-state index contributed by atoms with van der Waals surface area (Å²) < 4.78 is 25.2. The molecule has 0 radical (unpaired) electrons. The van der Waals surface area contributed by atoms with E-state index < -0.39 is 10.0 Å². The van der Waals surface area contributed by atoms with Crippen LogP contribution in [0.3, 0.4) is 0 Å². The molecular weight excluding hydrogens is 310 g/mol. The van der Waals surface area contributed by atoms with E-state index in [0.29, 0.717) is 11.8 Å². The summed E-state index contributed by atoms with van der Waals surface area (Å²) in [4.78, 5) is 10.9. The number of nitrogens with zero attached hydrogens (tertiary/aromatic N) is 2. The van der Waals surface area contributed by atoms with E-state index in [2.05, 4.69) is 25.3 Å². The molecule has 0 atom stereocenters. The highest BCUT2D eigenvalue weighted by Crippen LogP contribution is 2.29. The van der Waals surface area contributed by atoms with Gasteiger partial charge in [0.1, 0.15) is 10.6 Å². The Morgan fingerprint density at radius 3 is 2.71 bits per heavy atom. The fraction of sp³-hybridized carbons (Fsp3) is 0.500. The van der Waals surface area contributed by atoms with E-state index in [-0.39, 0.29) is 12.3 Å². The maximum atomic E-state index is 11.4. The van der Waals surface area contributed by atoms with Crippen LogP contribution in [0.15, 0.2) is 6.07 Å². The van der Waals surface area contributed by atoms with Crippen LogP contribution in [0.4, 0.5) is 11.8 Å². The summed E-state index contributed by atoms with van der Waals surface area (Å²) in [5.41, 5.74) is 0. The number of anilines is 2. The Balaban J connectivity index is 2.24. The molecule has 0 aliphatic rings. The van der Waals surface area contributed by atoms with Crippen molar-refractivity contribution in [1.29, 1.82) is 0 Å². The number of rotatable bonds is 7. The number of nitrogens with one attached hydrogen (secondary N) is 3. The first kappa shape index (κ1) is 15.9. The lowest BCUT2D eigenvalue weighted by Gasteiger charge is -2.09. The summed E-state index contributed by atoms with van der Waals surface area (Å²) in [6.45, 7) is 4.99. The predicted molar refractivity (Wildman–Crippen MR) is 87.7 cm³/mol. The van der Waals surface area contributed by atoms with E-state index in [4.69, 9.17) is 0 Å². The normalized spacial score (nSPS) is 11.8. The van der Waals surface area contributed by atoms with Crippen molar-refractivity contribution in [3.8, 4) is 0 Å². The topological polar surface area (TPSA) is 96.0 Å². The fourth-order valence-electron chi connectivity index (χ4n) is 1.82. The van der Waals surface area contributed by atoms with Gasteiger partial charge < -0.3 is 10.6 Å². The molecule has 0 unspecified atom stereocenters. The lowest BCUT2D eigenvalue weighted by atomic mass is 10.3. The molecule has 2 aromatic rings. The molecule has 0 aliphatic heterocycles. The first-order chi connectivity index (χ1) is 9.95. The maximum absolute atomic E-state index is 11.4. The Morgan fingerprint density at radius 1 is 1.29 bits per heavy atom. The molecule has 0 fully saturated rings. The third kappa shape index (κ3) is 4.02. The molecule has 0 amide bonds. The minimum Gasteiger partial charge on any atom is -0.368 e. The molecule has 0 spiro atoms. The first-order valence-corrected chi connectivity index (χ1v) is 9.09. The standard InChI is InChI=1S/C12H19N5O2S2/c1-4-14-12-16-10(15-5-6-21(18,19)13-3)9-7-8(2)20-11(9)17-12/h7,13H,4-6H2,1-3H3,(H2,14,15,16,17). The van der Waals surface area contributed by atoms with Crippen LogP contribution in [0.1, 0.15) is 11.8 Å². The Kier molecular flexibility index (Phi) is 4.96. The van der Waals surface area contributed by atoms with Gasteiger partial charge in [-0.05, 0) is 27.0 Å². The lowest BCUT2D eigenvalue weighted by molar-refractivity contribution is 0.588. The van der Waals surface area contributed by atoms with Gasteiger partial charge in [-0.15, -0.1) is 11.3 Å². The van der Waals surface area contributed by atoms with E-state index in [1.165, 1.54) is 7.05 Å². The van der Waals surface area contributed by atoms with Crippen molar-refractivity contribution in [3.63, 3.8) is 0 Å². The molecule has 0 aliphatic carbocycles. The zero-order valence-electron chi connectivity index (χ0n) is 12.2. The smallest absolute Gasteiger partial charge is 0.226 e. The SMILES string of the molecule is CCNc1nc(NCCS(=O)(=O)NC)c2cc(C)sc2n1. The van der Waals surface area contributed by atoms with E-state index in [1.54, 1.807) is 11.3 Å². The lowest BCUT2D eigenvalue weighted by Crippen LogP contribution is -2.26. The maximum Gasteiger partial charge on any atom is 0.226 e. The number of aryl methyl sites for hydroxylation is 1. The summed E-state index contributed by atoms with van der Waals surface area (Å²) in [6.07, 6.45) is 0. The zero-order chi connectivity index (χ0) is 15.5. The fourth-order valence-corrected chi connectivity index (χ4v) is 3.27. The van der Waals surface area contributed by atoms with Gasteiger partial charge in [0.15, 0.2) is 0 Å². The minimum absolute atomic E-state index is 0.00530. The third-order valence-electron chi connectivity index (χ3n) is 2.83. The molecule has 0 saturated heterocycles. The average molecular weight is 329 g/mol.